The molecular formula is C9H17BrO. The normalized spacial score (nSPS) is 34.9. The lowest BCUT2D eigenvalue weighted by Gasteiger charge is -2.48. The standard InChI is InChI=1S/C9H17BrO/c1-4-5-11-8-6-7(10)9(8,2)3/h7-8H,4-6H2,1-3H3. The van der Waals surface area contributed by atoms with Gasteiger partial charge in [0.1, 0.15) is 0 Å². The van der Waals surface area contributed by atoms with E-state index in [2.05, 4.69) is 36.7 Å². The zero-order valence-corrected chi connectivity index (χ0v) is 9.15. The Morgan fingerprint density at radius 1 is 1.55 bits per heavy atom. The summed E-state index contributed by atoms with van der Waals surface area (Å²) in [6.07, 6.45) is 2.78. The highest BCUT2D eigenvalue weighted by atomic mass is 79.9. The number of halogens is 1. The molecule has 0 aromatic carbocycles. The molecule has 1 fully saturated rings. The molecular weight excluding hydrogens is 204 g/mol. The van der Waals surface area contributed by atoms with E-state index in [1.54, 1.807) is 0 Å². The van der Waals surface area contributed by atoms with Gasteiger partial charge in [0.15, 0.2) is 0 Å². The molecule has 0 spiro atoms. The highest BCUT2D eigenvalue weighted by molar-refractivity contribution is 9.09. The Morgan fingerprint density at radius 2 is 2.18 bits per heavy atom. The SMILES string of the molecule is CCCOC1CC(Br)C1(C)C. The minimum absolute atomic E-state index is 0.342. The minimum Gasteiger partial charge on any atom is -0.378 e. The van der Waals surface area contributed by atoms with Crippen LogP contribution in [0.2, 0.25) is 0 Å². The van der Waals surface area contributed by atoms with Crippen LogP contribution in [-0.2, 0) is 4.74 Å². The molecule has 1 nitrogen and oxygen atoms in total. The Hall–Kier alpha value is 0.440. The summed E-state index contributed by atoms with van der Waals surface area (Å²) in [6, 6.07) is 0. The van der Waals surface area contributed by atoms with Crippen molar-refractivity contribution in [3.63, 3.8) is 0 Å². The van der Waals surface area contributed by atoms with Crippen LogP contribution >= 0.6 is 15.9 Å². The summed E-state index contributed by atoms with van der Waals surface area (Å²) >= 11 is 3.63. The molecule has 0 aliphatic heterocycles. The van der Waals surface area contributed by atoms with Gasteiger partial charge in [-0.2, -0.15) is 0 Å². The van der Waals surface area contributed by atoms with Gasteiger partial charge in [-0.1, -0.05) is 36.7 Å². The first-order valence-electron chi connectivity index (χ1n) is 4.34. The Kier molecular flexibility index (Phi) is 2.98. The molecule has 0 aromatic rings. The van der Waals surface area contributed by atoms with E-state index in [-0.39, 0.29) is 0 Å². The van der Waals surface area contributed by atoms with Gasteiger partial charge < -0.3 is 4.74 Å². The van der Waals surface area contributed by atoms with E-state index in [1.165, 1.54) is 6.42 Å². The molecule has 2 atom stereocenters. The number of ether oxygens (including phenoxy) is 1. The van der Waals surface area contributed by atoms with Crippen molar-refractivity contribution in [2.24, 2.45) is 5.41 Å². The zero-order valence-electron chi connectivity index (χ0n) is 7.56. The summed E-state index contributed by atoms with van der Waals surface area (Å²) in [5.41, 5.74) is 0.342. The summed E-state index contributed by atoms with van der Waals surface area (Å²) in [4.78, 5) is 0.650. The van der Waals surface area contributed by atoms with Crippen molar-refractivity contribution in [2.75, 3.05) is 6.61 Å². The topological polar surface area (TPSA) is 9.23 Å². The van der Waals surface area contributed by atoms with Crippen molar-refractivity contribution < 1.29 is 4.74 Å². The Morgan fingerprint density at radius 3 is 2.55 bits per heavy atom. The summed E-state index contributed by atoms with van der Waals surface area (Å²) in [7, 11) is 0. The highest BCUT2D eigenvalue weighted by Gasteiger charge is 2.47. The van der Waals surface area contributed by atoms with Crippen molar-refractivity contribution in [3.8, 4) is 0 Å². The van der Waals surface area contributed by atoms with Gasteiger partial charge in [0.25, 0.3) is 0 Å². The molecule has 0 bridgehead atoms. The van der Waals surface area contributed by atoms with Crippen LogP contribution in [-0.4, -0.2) is 17.5 Å². The second-order valence-electron chi connectivity index (χ2n) is 3.88. The van der Waals surface area contributed by atoms with Gasteiger partial charge in [-0.3, -0.25) is 0 Å². The van der Waals surface area contributed by atoms with E-state index < -0.39 is 0 Å². The van der Waals surface area contributed by atoms with Crippen LogP contribution in [0.5, 0.6) is 0 Å². The molecule has 2 unspecified atom stereocenters. The van der Waals surface area contributed by atoms with Crippen LogP contribution in [0.1, 0.15) is 33.6 Å². The third kappa shape index (κ3) is 1.78. The molecule has 1 aliphatic rings. The highest BCUT2D eigenvalue weighted by Crippen LogP contribution is 2.47. The lowest BCUT2D eigenvalue weighted by Crippen LogP contribution is -2.51. The maximum Gasteiger partial charge on any atom is 0.0647 e. The molecule has 0 aromatic heterocycles. The van der Waals surface area contributed by atoms with E-state index in [0.717, 1.165) is 13.0 Å². The molecule has 1 rings (SSSR count). The number of rotatable bonds is 3. The molecule has 0 saturated heterocycles. The second kappa shape index (κ2) is 3.44. The molecule has 0 N–H and O–H groups in total. The van der Waals surface area contributed by atoms with Gasteiger partial charge in [0, 0.05) is 16.8 Å². The second-order valence-corrected chi connectivity index (χ2v) is 4.99. The average Bonchev–Trinajstić information content (AvgIpc) is 1.97. The van der Waals surface area contributed by atoms with Crippen molar-refractivity contribution in [2.45, 2.75) is 44.5 Å². The summed E-state index contributed by atoms with van der Waals surface area (Å²) in [6.45, 7) is 7.58. The van der Waals surface area contributed by atoms with E-state index >= 15 is 0 Å². The molecule has 0 heterocycles. The third-order valence-corrected chi connectivity index (χ3v) is 4.14. The van der Waals surface area contributed by atoms with Crippen LogP contribution in [0.25, 0.3) is 0 Å². The molecule has 0 radical (unpaired) electrons. The van der Waals surface area contributed by atoms with Crippen molar-refractivity contribution in [1.29, 1.82) is 0 Å². The van der Waals surface area contributed by atoms with E-state index in [4.69, 9.17) is 4.74 Å². The van der Waals surface area contributed by atoms with Crippen molar-refractivity contribution in [3.05, 3.63) is 0 Å². The van der Waals surface area contributed by atoms with E-state index in [1.807, 2.05) is 0 Å². The Bertz CT molecular complexity index is 134. The molecule has 2 heteroatoms. The first kappa shape index (κ1) is 9.53. The lowest BCUT2D eigenvalue weighted by atomic mass is 9.69. The zero-order chi connectivity index (χ0) is 8.48. The fourth-order valence-corrected chi connectivity index (χ4v) is 2.01. The van der Waals surface area contributed by atoms with E-state index in [0.29, 0.717) is 16.3 Å². The van der Waals surface area contributed by atoms with Crippen molar-refractivity contribution in [1.82, 2.24) is 0 Å². The predicted octanol–water partition coefficient (Wildman–Crippen LogP) is 2.98. The maximum atomic E-state index is 5.68. The Balaban J connectivity index is 2.28. The van der Waals surface area contributed by atoms with Gasteiger partial charge in [-0.25, -0.2) is 0 Å². The van der Waals surface area contributed by atoms with Gasteiger partial charge >= 0.3 is 0 Å². The Labute approximate surface area is 77.6 Å². The van der Waals surface area contributed by atoms with Crippen LogP contribution in [0.3, 0.4) is 0 Å². The van der Waals surface area contributed by atoms with Crippen LogP contribution in [0.15, 0.2) is 0 Å². The van der Waals surface area contributed by atoms with Gasteiger partial charge in [-0.15, -0.1) is 0 Å². The molecule has 11 heavy (non-hydrogen) atoms. The molecule has 0 amide bonds. The maximum absolute atomic E-state index is 5.68. The minimum atomic E-state index is 0.342. The molecule has 1 saturated carbocycles. The van der Waals surface area contributed by atoms with Crippen LogP contribution in [0.4, 0.5) is 0 Å². The van der Waals surface area contributed by atoms with Crippen LogP contribution < -0.4 is 0 Å². The fourth-order valence-electron chi connectivity index (χ4n) is 1.38. The summed E-state index contributed by atoms with van der Waals surface area (Å²) < 4.78 is 5.68. The predicted molar refractivity (Wildman–Crippen MR) is 51.1 cm³/mol. The summed E-state index contributed by atoms with van der Waals surface area (Å²) in [5.74, 6) is 0. The fraction of sp³-hybridized carbons (Fsp3) is 1.00. The van der Waals surface area contributed by atoms with Crippen molar-refractivity contribution >= 4 is 15.9 Å². The van der Waals surface area contributed by atoms with Gasteiger partial charge in [-0.05, 0) is 12.8 Å². The van der Waals surface area contributed by atoms with E-state index in [9.17, 15) is 0 Å². The number of hydrogen-bond acceptors (Lipinski definition) is 1. The first-order chi connectivity index (χ1) is 5.09. The lowest BCUT2D eigenvalue weighted by molar-refractivity contribution is -0.0845. The monoisotopic (exact) mass is 220 g/mol. The largest absolute Gasteiger partial charge is 0.378 e. The quantitative estimate of drug-likeness (QED) is 0.665. The molecule has 66 valence electrons. The van der Waals surface area contributed by atoms with Crippen LogP contribution in [0, 0.1) is 5.41 Å². The first-order valence-corrected chi connectivity index (χ1v) is 5.26. The van der Waals surface area contributed by atoms with Gasteiger partial charge in [0.05, 0.1) is 6.10 Å². The molecule has 1 aliphatic carbocycles. The average molecular weight is 221 g/mol. The summed E-state index contributed by atoms with van der Waals surface area (Å²) in [5, 5.41) is 0. The third-order valence-electron chi connectivity index (χ3n) is 2.58. The number of alkyl halides is 1. The van der Waals surface area contributed by atoms with Gasteiger partial charge in [0.2, 0.25) is 0 Å². The smallest absolute Gasteiger partial charge is 0.0647 e. The number of hydrogen-bond donors (Lipinski definition) is 0.